The van der Waals surface area contributed by atoms with Crippen molar-refractivity contribution in [3.05, 3.63) is 53.9 Å². The van der Waals surface area contributed by atoms with E-state index in [4.69, 9.17) is 14.6 Å². The van der Waals surface area contributed by atoms with Crippen LogP contribution in [0.5, 0.6) is 5.75 Å². The van der Waals surface area contributed by atoms with Gasteiger partial charge in [-0.15, -0.1) is 0 Å². The summed E-state index contributed by atoms with van der Waals surface area (Å²) >= 11 is 0. The smallest absolute Gasteiger partial charge is 0.483 e. The van der Waals surface area contributed by atoms with Gasteiger partial charge in [0.15, 0.2) is 0 Å². The largest absolute Gasteiger partial charge is 0.490 e. The van der Waals surface area contributed by atoms with Crippen molar-refractivity contribution in [3.63, 3.8) is 0 Å². The normalized spacial score (nSPS) is 21.6. The summed E-state index contributed by atoms with van der Waals surface area (Å²) in [5, 5.41) is 7.12. The Kier molecular flexibility index (Phi) is 6.90. The number of ether oxygens (including phenoxy) is 1. The van der Waals surface area contributed by atoms with Crippen molar-refractivity contribution < 1.29 is 41.0 Å². The Hall–Kier alpha value is -3.19. The Morgan fingerprint density at radius 1 is 1.18 bits per heavy atom. The number of likely N-dealkylation sites (tertiary alicyclic amines) is 1. The standard InChI is InChI=1S/C19H21N3O4S.C2HF3O2/c1-14-7-9-20-15(11-14)18(23)22-10-8-19(13-22)12-21(2)27(24,25)17-6-4-3-5-16(17)26-19;3-2(4,5)1(6)7/h3-7,9,11H,8,10,12-13H2,1-2H3;(H,6,7). The molecular weight excluding hydrogens is 479 g/mol. The minimum atomic E-state index is -5.08. The third-order valence-corrected chi connectivity index (χ3v) is 7.20. The number of halogens is 3. The number of pyridine rings is 1. The van der Waals surface area contributed by atoms with Gasteiger partial charge in [0.25, 0.3) is 5.91 Å². The second kappa shape index (κ2) is 9.22. The Morgan fingerprint density at radius 3 is 2.44 bits per heavy atom. The van der Waals surface area contributed by atoms with Crippen molar-refractivity contribution in [2.45, 2.75) is 30.0 Å². The Morgan fingerprint density at radius 2 is 1.82 bits per heavy atom. The molecule has 1 atom stereocenters. The van der Waals surface area contributed by atoms with E-state index >= 15 is 0 Å². The van der Waals surface area contributed by atoms with Gasteiger partial charge in [0, 0.05) is 26.2 Å². The van der Waals surface area contributed by atoms with Crippen molar-refractivity contribution in [1.29, 1.82) is 0 Å². The van der Waals surface area contributed by atoms with Gasteiger partial charge in [-0.1, -0.05) is 12.1 Å². The monoisotopic (exact) mass is 501 g/mol. The summed E-state index contributed by atoms with van der Waals surface area (Å²) in [5.74, 6) is -2.58. The van der Waals surface area contributed by atoms with Crippen LogP contribution in [0, 0.1) is 6.92 Å². The Balaban J connectivity index is 0.000000406. The van der Waals surface area contributed by atoms with E-state index in [0.717, 1.165) is 5.56 Å². The maximum atomic E-state index is 12.8. The lowest BCUT2D eigenvalue weighted by Crippen LogP contribution is -2.48. The maximum absolute atomic E-state index is 12.8. The van der Waals surface area contributed by atoms with Gasteiger partial charge >= 0.3 is 12.1 Å². The van der Waals surface area contributed by atoms with Gasteiger partial charge in [0.2, 0.25) is 10.0 Å². The fraction of sp³-hybridized carbons (Fsp3) is 0.381. The predicted octanol–water partition coefficient (Wildman–Crippen LogP) is 2.32. The van der Waals surface area contributed by atoms with Crippen LogP contribution in [0.3, 0.4) is 0 Å². The number of amides is 1. The molecule has 3 heterocycles. The van der Waals surface area contributed by atoms with Gasteiger partial charge in [-0.05, 0) is 36.8 Å². The van der Waals surface area contributed by atoms with E-state index in [-0.39, 0.29) is 17.3 Å². The van der Waals surface area contributed by atoms with Crippen LogP contribution >= 0.6 is 0 Å². The highest BCUT2D eigenvalue weighted by Crippen LogP contribution is 2.38. The second-order valence-corrected chi connectivity index (χ2v) is 10.0. The third-order valence-electron chi connectivity index (χ3n) is 5.36. The number of nitrogens with zero attached hydrogens (tertiary/aromatic N) is 3. The average molecular weight is 501 g/mol. The topological polar surface area (TPSA) is 117 Å². The number of sulfonamides is 1. The quantitative estimate of drug-likeness (QED) is 0.637. The predicted molar refractivity (Wildman–Crippen MR) is 113 cm³/mol. The van der Waals surface area contributed by atoms with Crippen molar-refractivity contribution in [1.82, 2.24) is 14.2 Å². The van der Waals surface area contributed by atoms with Gasteiger partial charge in [0.1, 0.15) is 21.9 Å². The molecule has 1 fully saturated rings. The fourth-order valence-corrected chi connectivity index (χ4v) is 5.07. The highest BCUT2D eigenvalue weighted by atomic mass is 32.2. The molecule has 0 aliphatic carbocycles. The lowest BCUT2D eigenvalue weighted by molar-refractivity contribution is -0.192. The summed E-state index contributed by atoms with van der Waals surface area (Å²) in [7, 11) is -2.07. The molecule has 34 heavy (non-hydrogen) atoms. The minimum absolute atomic E-state index is 0.162. The minimum Gasteiger partial charge on any atom is -0.483 e. The number of aromatic nitrogens is 1. The molecule has 9 nitrogen and oxygen atoms in total. The summed E-state index contributed by atoms with van der Waals surface area (Å²) < 4.78 is 64.9. The maximum Gasteiger partial charge on any atom is 0.490 e. The number of carbonyl (C=O) groups is 2. The number of hydrogen-bond acceptors (Lipinski definition) is 6. The zero-order valence-corrected chi connectivity index (χ0v) is 19.1. The van der Waals surface area contributed by atoms with Gasteiger partial charge in [-0.2, -0.15) is 17.5 Å². The Bertz CT molecular complexity index is 1200. The van der Waals surface area contributed by atoms with Crippen LogP contribution < -0.4 is 4.74 Å². The molecule has 2 aliphatic heterocycles. The molecule has 184 valence electrons. The SMILES string of the molecule is Cc1ccnc(C(=O)N2CCC3(C2)CN(C)S(=O)(=O)c2ccccc2O3)c1.O=C(O)C(F)(F)F. The molecule has 1 spiro atoms. The second-order valence-electron chi connectivity index (χ2n) is 7.99. The first-order valence-electron chi connectivity index (χ1n) is 10.0. The molecule has 4 rings (SSSR count). The van der Waals surface area contributed by atoms with E-state index in [9.17, 15) is 26.4 Å². The first-order chi connectivity index (χ1) is 15.7. The molecule has 1 N–H and O–H groups in total. The number of carboxylic acid groups (broad SMARTS) is 1. The summed E-state index contributed by atoms with van der Waals surface area (Å²) in [4.78, 5) is 27.8. The van der Waals surface area contributed by atoms with E-state index in [1.807, 2.05) is 13.0 Å². The number of carbonyl (C=O) groups excluding carboxylic acids is 1. The molecule has 0 saturated carbocycles. The number of aliphatic carboxylic acids is 1. The number of para-hydroxylation sites is 1. The molecule has 1 unspecified atom stereocenters. The van der Waals surface area contributed by atoms with E-state index in [0.29, 0.717) is 31.0 Å². The summed E-state index contributed by atoms with van der Waals surface area (Å²) in [6.45, 7) is 2.91. The third kappa shape index (κ3) is 5.30. The number of rotatable bonds is 1. The molecule has 1 aromatic carbocycles. The number of aryl methyl sites for hydroxylation is 1. The van der Waals surface area contributed by atoms with Crippen LogP contribution in [-0.2, 0) is 14.8 Å². The summed E-state index contributed by atoms with van der Waals surface area (Å²) in [5.41, 5.74) is 0.586. The molecule has 0 bridgehead atoms. The van der Waals surface area contributed by atoms with Gasteiger partial charge in [-0.3, -0.25) is 9.78 Å². The number of hydrogen-bond donors (Lipinski definition) is 1. The molecule has 13 heteroatoms. The lowest BCUT2D eigenvalue weighted by Gasteiger charge is -2.30. The molecule has 1 amide bonds. The fourth-order valence-electron chi connectivity index (χ4n) is 3.72. The lowest BCUT2D eigenvalue weighted by atomic mass is 10.0. The molecule has 0 radical (unpaired) electrons. The molecule has 2 aromatic rings. The average Bonchev–Trinajstić information content (AvgIpc) is 3.13. The molecule has 1 saturated heterocycles. The Labute approximate surface area is 193 Å². The van der Waals surface area contributed by atoms with E-state index in [2.05, 4.69) is 4.98 Å². The van der Waals surface area contributed by atoms with Crippen molar-refractivity contribution >= 4 is 21.9 Å². The van der Waals surface area contributed by atoms with Crippen LogP contribution in [0.1, 0.15) is 22.5 Å². The van der Waals surface area contributed by atoms with Crippen LogP contribution in [0.15, 0.2) is 47.5 Å². The number of benzene rings is 1. The summed E-state index contributed by atoms with van der Waals surface area (Å²) in [6, 6.07) is 10.2. The van der Waals surface area contributed by atoms with E-state index < -0.39 is 27.8 Å². The zero-order valence-electron chi connectivity index (χ0n) is 18.2. The number of likely N-dealkylation sites (N-methyl/N-ethyl adjacent to an activating group) is 1. The van der Waals surface area contributed by atoms with Gasteiger partial charge < -0.3 is 14.7 Å². The highest BCUT2D eigenvalue weighted by molar-refractivity contribution is 7.89. The van der Waals surface area contributed by atoms with E-state index in [1.165, 1.54) is 4.31 Å². The number of fused-ring (bicyclic) bond motifs is 1. The zero-order chi connectivity index (χ0) is 25.3. The van der Waals surface area contributed by atoms with Crippen molar-refractivity contribution in [3.8, 4) is 5.75 Å². The van der Waals surface area contributed by atoms with Crippen LogP contribution in [-0.4, -0.2) is 78.0 Å². The van der Waals surface area contributed by atoms with Crippen LogP contribution in [0.25, 0.3) is 0 Å². The highest BCUT2D eigenvalue weighted by Gasteiger charge is 2.48. The van der Waals surface area contributed by atoms with Crippen LogP contribution in [0.4, 0.5) is 13.2 Å². The summed E-state index contributed by atoms with van der Waals surface area (Å²) in [6.07, 6.45) is -2.91. The van der Waals surface area contributed by atoms with Crippen molar-refractivity contribution in [2.75, 3.05) is 26.7 Å². The first kappa shape index (κ1) is 25.4. The molecule has 1 aromatic heterocycles. The first-order valence-corrected chi connectivity index (χ1v) is 11.5. The van der Waals surface area contributed by atoms with E-state index in [1.54, 1.807) is 48.5 Å². The van der Waals surface area contributed by atoms with Crippen LogP contribution in [0.2, 0.25) is 0 Å². The molecular formula is C21H22F3N3O6S. The molecule has 2 aliphatic rings. The number of carboxylic acids is 1. The van der Waals surface area contributed by atoms with Gasteiger partial charge in [0.05, 0.1) is 13.1 Å². The van der Waals surface area contributed by atoms with Gasteiger partial charge in [-0.25, -0.2) is 13.2 Å². The van der Waals surface area contributed by atoms with Crippen molar-refractivity contribution in [2.24, 2.45) is 0 Å². The number of alkyl halides is 3.